The van der Waals surface area contributed by atoms with Gasteiger partial charge in [-0.3, -0.25) is 9.59 Å². The van der Waals surface area contributed by atoms with E-state index < -0.39 is 29.3 Å². The third-order valence-electron chi connectivity index (χ3n) is 6.63. The highest BCUT2D eigenvalue weighted by Crippen LogP contribution is 2.36. The third-order valence-corrected chi connectivity index (χ3v) is 6.63. The fourth-order valence-corrected chi connectivity index (χ4v) is 4.37. The van der Waals surface area contributed by atoms with E-state index >= 15 is 0 Å². The van der Waals surface area contributed by atoms with Crippen LogP contribution in [-0.2, 0) is 14.3 Å². The maximum Gasteiger partial charge on any atom is 0.408 e. The molecule has 1 aromatic carbocycles. The van der Waals surface area contributed by atoms with Crippen molar-refractivity contribution >= 4 is 17.9 Å². The first-order valence-electron chi connectivity index (χ1n) is 13.2. The largest absolute Gasteiger partial charge is 0.444 e. The van der Waals surface area contributed by atoms with Gasteiger partial charge in [0, 0.05) is 11.6 Å². The number of rotatable bonds is 8. The van der Waals surface area contributed by atoms with E-state index in [4.69, 9.17) is 4.74 Å². The van der Waals surface area contributed by atoms with Crippen LogP contribution in [0, 0.1) is 19.8 Å². The number of nitrogens with one attached hydrogen (secondary N) is 2. The zero-order chi connectivity index (χ0) is 27.4. The summed E-state index contributed by atoms with van der Waals surface area (Å²) in [5.74, 6) is -0.593. The van der Waals surface area contributed by atoms with Crippen LogP contribution in [0.3, 0.4) is 0 Å². The van der Waals surface area contributed by atoms with Crippen LogP contribution in [0.25, 0.3) is 0 Å². The first-order chi connectivity index (χ1) is 16.5. The van der Waals surface area contributed by atoms with Crippen LogP contribution in [0.5, 0.6) is 0 Å². The lowest BCUT2D eigenvalue weighted by atomic mass is 9.85. The number of ether oxygens (including phenoxy) is 1. The number of aryl methyl sites for hydroxylation is 2. The molecule has 0 radical (unpaired) electrons. The molecule has 2 rings (SSSR count). The highest BCUT2D eigenvalue weighted by Gasteiger charge is 2.44. The van der Waals surface area contributed by atoms with Crippen LogP contribution < -0.4 is 10.6 Å². The topological polar surface area (TPSA) is 87.7 Å². The van der Waals surface area contributed by atoms with Crippen molar-refractivity contribution in [1.82, 2.24) is 15.5 Å². The standard InChI is InChI=1S/C29H47N3O4/c1-11-19(3)23(30-27(35)36-29(8,9)10)26(34)32(21-13-12-14-21)24(25(33)31-28(5,6)7)22-17-18(2)15-16-20(22)4/h15-17,19,21,23-24H,11-14H2,1-10H3,(H,30,35)(H,31,33). The zero-order valence-corrected chi connectivity index (χ0v) is 24.0. The number of benzene rings is 1. The molecular weight excluding hydrogens is 454 g/mol. The highest BCUT2D eigenvalue weighted by atomic mass is 16.6. The molecule has 1 saturated carbocycles. The van der Waals surface area contributed by atoms with Gasteiger partial charge in [-0.15, -0.1) is 0 Å². The van der Waals surface area contributed by atoms with Crippen molar-refractivity contribution < 1.29 is 19.1 Å². The number of hydrogen-bond acceptors (Lipinski definition) is 4. The molecule has 0 heterocycles. The van der Waals surface area contributed by atoms with E-state index in [9.17, 15) is 14.4 Å². The molecule has 3 atom stereocenters. The van der Waals surface area contributed by atoms with E-state index in [-0.39, 0.29) is 23.8 Å². The molecule has 7 nitrogen and oxygen atoms in total. The Balaban J connectivity index is 2.59. The summed E-state index contributed by atoms with van der Waals surface area (Å²) in [4.78, 5) is 42.7. The van der Waals surface area contributed by atoms with Crippen molar-refractivity contribution in [2.75, 3.05) is 0 Å². The van der Waals surface area contributed by atoms with Crippen molar-refractivity contribution in [3.05, 3.63) is 34.9 Å². The Morgan fingerprint density at radius 3 is 2.17 bits per heavy atom. The average molecular weight is 502 g/mol. The quantitative estimate of drug-likeness (QED) is 0.487. The second-order valence-corrected chi connectivity index (χ2v) is 12.3. The van der Waals surface area contributed by atoms with Gasteiger partial charge in [0.25, 0.3) is 0 Å². The van der Waals surface area contributed by atoms with Gasteiger partial charge in [0.1, 0.15) is 17.7 Å². The summed E-state index contributed by atoms with van der Waals surface area (Å²) >= 11 is 0. The first-order valence-corrected chi connectivity index (χ1v) is 13.2. The predicted molar refractivity (Wildman–Crippen MR) is 144 cm³/mol. The number of nitrogens with zero attached hydrogens (tertiary/aromatic N) is 1. The zero-order valence-electron chi connectivity index (χ0n) is 24.0. The number of hydrogen-bond donors (Lipinski definition) is 2. The number of alkyl carbamates (subject to hydrolysis) is 1. The van der Waals surface area contributed by atoms with Crippen molar-refractivity contribution in [2.45, 2.75) is 124 Å². The second-order valence-electron chi connectivity index (χ2n) is 12.3. The van der Waals surface area contributed by atoms with Gasteiger partial charge in [-0.05, 0) is 91.7 Å². The summed E-state index contributed by atoms with van der Waals surface area (Å²) in [5, 5.41) is 5.95. The molecule has 3 unspecified atom stereocenters. The van der Waals surface area contributed by atoms with Crippen LogP contribution in [0.4, 0.5) is 4.79 Å². The molecule has 0 aliphatic heterocycles. The SMILES string of the molecule is CCC(C)C(NC(=O)OC(C)(C)C)C(=O)N(C1CCC1)C(C(=O)NC(C)(C)C)c1cc(C)ccc1C. The minimum atomic E-state index is -0.805. The summed E-state index contributed by atoms with van der Waals surface area (Å²) in [7, 11) is 0. The molecule has 0 bridgehead atoms. The molecule has 0 saturated heterocycles. The van der Waals surface area contributed by atoms with Crippen molar-refractivity contribution in [2.24, 2.45) is 5.92 Å². The van der Waals surface area contributed by atoms with Gasteiger partial charge in [0.2, 0.25) is 11.8 Å². The number of carbonyl (C=O) groups excluding carboxylic acids is 3. The summed E-state index contributed by atoms with van der Waals surface area (Å²) in [6.45, 7) is 19.1. The molecular formula is C29H47N3O4. The molecule has 0 spiro atoms. The maximum atomic E-state index is 14.3. The van der Waals surface area contributed by atoms with Gasteiger partial charge in [-0.1, -0.05) is 44.0 Å². The molecule has 1 aliphatic carbocycles. The van der Waals surface area contributed by atoms with Gasteiger partial charge in [-0.25, -0.2) is 4.79 Å². The molecule has 1 fully saturated rings. The van der Waals surface area contributed by atoms with Gasteiger partial charge in [0.05, 0.1) is 0 Å². The van der Waals surface area contributed by atoms with E-state index in [2.05, 4.69) is 10.6 Å². The molecule has 1 aliphatic rings. The molecule has 0 aromatic heterocycles. The van der Waals surface area contributed by atoms with Crippen LogP contribution in [0.2, 0.25) is 0 Å². The lowest BCUT2D eigenvalue weighted by molar-refractivity contribution is -0.149. The lowest BCUT2D eigenvalue weighted by Crippen LogP contribution is -2.60. The highest BCUT2D eigenvalue weighted by molar-refractivity contribution is 5.93. The van der Waals surface area contributed by atoms with Gasteiger partial charge in [-0.2, -0.15) is 0 Å². The molecule has 202 valence electrons. The average Bonchev–Trinajstić information content (AvgIpc) is 2.69. The minimum absolute atomic E-state index is 0.0693. The van der Waals surface area contributed by atoms with Crippen molar-refractivity contribution in [1.29, 1.82) is 0 Å². The third kappa shape index (κ3) is 7.97. The van der Waals surface area contributed by atoms with Crippen LogP contribution in [-0.4, -0.2) is 46.0 Å². The Bertz CT molecular complexity index is 941. The Morgan fingerprint density at radius 2 is 1.69 bits per heavy atom. The minimum Gasteiger partial charge on any atom is -0.444 e. The summed E-state index contributed by atoms with van der Waals surface area (Å²) in [5.41, 5.74) is 1.64. The molecule has 36 heavy (non-hydrogen) atoms. The Kier molecular flexibility index (Phi) is 9.60. The molecule has 3 amide bonds. The summed E-state index contributed by atoms with van der Waals surface area (Å²) in [6.07, 6.45) is 2.72. The Labute approximate surface area is 217 Å². The Morgan fingerprint density at radius 1 is 1.08 bits per heavy atom. The molecule has 1 aromatic rings. The monoisotopic (exact) mass is 501 g/mol. The van der Waals surface area contributed by atoms with E-state index in [1.165, 1.54) is 0 Å². The maximum absolute atomic E-state index is 14.3. The van der Waals surface area contributed by atoms with E-state index in [0.717, 1.165) is 36.0 Å². The predicted octanol–water partition coefficient (Wildman–Crippen LogP) is 5.58. The molecule has 2 N–H and O–H groups in total. The van der Waals surface area contributed by atoms with Gasteiger partial charge in [0.15, 0.2) is 0 Å². The summed E-state index contributed by atoms with van der Waals surface area (Å²) < 4.78 is 5.49. The van der Waals surface area contributed by atoms with Gasteiger partial charge >= 0.3 is 6.09 Å². The van der Waals surface area contributed by atoms with Gasteiger partial charge < -0.3 is 20.3 Å². The van der Waals surface area contributed by atoms with Crippen LogP contribution >= 0.6 is 0 Å². The number of amides is 3. The van der Waals surface area contributed by atoms with Crippen LogP contribution in [0.1, 0.15) is 104 Å². The van der Waals surface area contributed by atoms with E-state index in [0.29, 0.717) is 6.42 Å². The van der Waals surface area contributed by atoms with E-state index in [1.807, 2.05) is 66.7 Å². The first kappa shape index (κ1) is 29.7. The molecule has 7 heteroatoms. The normalized spacial score (nSPS) is 16.8. The summed E-state index contributed by atoms with van der Waals surface area (Å²) in [6, 6.07) is 4.34. The number of carbonyl (C=O) groups is 3. The smallest absolute Gasteiger partial charge is 0.408 e. The van der Waals surface area contributed by atoms with E-state index in [1.54, 1.807) is 25.7 Å². The lowest BCUT2D eigenvalue weighted by Gasteiger charge is -2.45. The van der Waals surface area contributed by atoms with Crippen molar-refractivity contribution in [3.8, 4) is 0 Å². The fraction of sp³-hybridized carbons (Fsp3) is 0.690. The van der Waals surface area contributed by atoms with Crippen molar-refractivity contribution in [3.63, 3.8) is 0 Å². The fourth-order valence-electron chi connectivity index (χ4n) is 4.37. The Hall–Kier alpha value is -2.57. The van der Waals surface area contributed by atoms with Crippen LogP contribution in [0.15, 0.2) is 18.2 Å². The second kappa shape index (κ2) is 11.7.